The molecule has 1 aromatic carbocycles. The molecular weight excluding hydrogens is 344 g/mol. The Bertz CT molecular complexity index is 1110. The minimum absolute atomic E-state index is 0.0136. The molecule has 24 heavy (non-hydrogen) atoms. The predicted octanol–water partition coefficient (Wildman–Crippen LogP) is 2.60. The smallest absolute Gasteiger partial charge is 0.267 e. The fourth-order valence-corrected chi connectivity index (χ4v) is 5.20. The Morgan fingerprint density at radius 2 is 1.96 bits per heavy atom. The summed E-state index contributed by atoms with van der Waals surface area (Å²) in [5.41, 5.74) is 1.56. The molecule has 4 rings (SSSR count). The van der Waals surface area contributed by atoms with Crippen LogP contribution in [0.3, 0.4) is 0 Å². The summed E-state index contributed by atoms with van der Waals surface area (Å²) >= 11 is 1.47. The Morgan fingerprint density at radius 1 is 1.17 bits per heavy atom. The number of thiophene rings is 1. The summed E-state index contributed by atoms with van der Waals surface area (Å²) in [6.45, 7) is 1.96. The number of benzene rings is 1. The second-order valence-electron chi connectivity index (χ2n) is 5.72. The van der Waals surface area contributed by atoms with Crippen LogP contribution in [-0.4, -0.2) is 24.0 Å². The van der Waals surface area contributed by atoms with Crippen molar-refractivity contribution < 1.29 is 8.42 Å². The number of hydrogen-bond donors (Lipinski definition) is 0. The van der Waals surface area contributed by atoms with Crippen molar-refractivity contribution in [1.29, 1.82) is 0 Å². The van der Waals surface area contributed by atoms with Crippen molar-refractivity contribution in [3.8, 4) is 16.3 Å². The van der Waals surface area contributed by atoms with Gasteiger partial charge in [0, 0.05) is 16.5 Å². The average Bonchev–Trinajstić information content (AvgIpc) is 2.95. The molecule has 0 radical (unpaired) electrons. The van der Waals surface area contributed by atoms with Gasteiger partial charge in [-0.15, -0.1) is 11.3 Å². The zero-order valence-corrected chi connectivity index (χ0v) is 14.5. The molecule has 1 aliphatic heterocycles. The second-order valence-corrected chi connectivity index (χ2v) is 9.06. The molecule has 0 atom stereocenters. The largest absolute Gasteiger partial charge is 0.272 e. The zero-order chi connectivity index (χ0) is 16.9. The molecule has 2 aromatic heterocycles. The lowest BCUT2D eigenvalue weighted by Gasteiger charge is -2.10. The molecule has 0 aliphatic carbocycles. The fourth-order valence-electron chi connectivity index (χ4n) is 2.89. The van der Waals surface area contributed by atoms with E-state index < -0.39 is 9.84 Å². The van der Waals surface area contributed by atoms with Crippen LogP contribution in [0.1, 0.15) is 10.4 Å². The van der Waals surface area contributed by atoms with Crippen LogP contribution in [0, 0.1) is 6.92 Å². The Balaban J connectivity index is 2.03. The molecule has 3 aromatic rings. The lowest BCUT2D eigenvalue weighted by Crippen LogP contribution is -2.21. The number of fused-ring (bicyclic) bond motifs is 3. The van der Waals surface area contributed by atoms with Crippen LogP contribution < -0.4 is 5.56 Å². The summed E-state index contributed by atoms with van der Waals surface area (Å²) in [4.78, 5) is 13.8. The highest BCUT2D eigenvalue weighted by Gasteiger charge is 2.27. The maximum absolute atomic E-state index is 12.5. The molecular formula is C17H14N2O3S2. The quantitative estimate of drug-likeness (QED) is 0.670. The monoisotopic (exact) mass is 358 g/mol. The third kappa shape index (κ3) is 2.40. The molecule has 0 saturated carbocycles. The van der Waals surface area contributed by atoms with E-state index in [1.54, 1.807) is 24.3 Å². The topological polar surface area (TPSA) is 69.0 Å². The molecule has 1 aliphatic rings. The van der Waals surface area contributed by atoms with Crippen molar-refractivity contribution in [2.45, 2.75) is 18.2 Å². The highest BCUT2D eigenvalue weighted by Crippen LogP contribution is 2.32. The highest BCUT2D eigenvalue weighted by atomic mass is 32.2. The molecule has 7 heteroatoms. The van der Waals surface area contributed by atoms with Gasteiger partial charge in [-0.1, -0.05) is 18.2 Å². The van der Waals surface area contributed by atoms with Gasteiger partial charge in [-0.3, -0.25) is 4.79 Å². The lowest BCUT2D eigenvalue weighted by molar-refractivity contribution is 0.596. The average molecular weight is 358 g/mol. The lowest BCUT2D eigenvalue weighted by atomic mass is 10.1. The minimum atomic E-state index is -3.38. The maximum atomic E-state index is 12.5. The summed E-state index contributed by atoms with van der Waals surface area (Å²) in [5, 5.41) is 5.24. The van der Waals surface area contributed by atoms with Gasteiger partial charge in [-0.2, -0.15) is 9.78 Å². The van der Waals surface area contributed by atoms with Gasteiger partial charge in [0.15, 0.2) is 9.84 Å². The first-order valence-corrected chi connectivity index (χ1v) is 9.95. The molecule has 3 heterocycles. The van der Waals surface area contributed by atoms with Crippen LogP contribution in [0.15, 0.2) is 52.2 Å². The Hall–Kier alpha value is -2.25. The number of sulfone groups is 1. The van der Waals surface area contributed by atoms with E-state index in [0.29, 0.717) is 23.2 Å². The molecule has 0 spiro atoms. The number of aromatic nitrogens is 2. The van der Waals surface area contributed by atoms with E-state index in [2.05, 4.69) is 5.10 Å². The Morgan fingerprint density at radius 3 is 2.71 bits per heavy atom. The number of rotatable bonds is 1. The summed E-state index contributed by atoms with van der Waals surface area (Å²) in [6.07, 6.45) is 0.291. The molecule has 0 bridgehead atoms. The van der Waals surface area contributed by atoms with E-state index in [0.717, 1.165) is 9.88 Å². The molecule has 0 N–H and O–H groups in total. The van der Waals surface area contributed by atoms with Gasteiger partial charge >= 0.3 is 0 Å². The van der Waals surface area contributed by atoms with Gasteiger partial charge in [0.05, 0.1) is 16.3 Å². The molecule has 0 amide bonds. The van der Waals surface area contributed by atoms with Crippen LogP contribution in [0.5, 0.6) is 0 Å². The third-order valence-electron chi connectivity index (χ3n) is 4.06. The first-order valence-electron chi connectivity index (χ1n) is 7.48. The van der Waals surface area contributed by atoms with Crippen LogP contribution in [-0.2, 0) is 16.3 Å². The van der Waals surface area contributed by atoms with Gasteiger partial charge < -0.3 is 0 Å². The van der Waals surface area contributed by atoms with Crippen LogP contribution in [0.4, 0.5) is 0 Å². The highest BCUT2D eigenvalue weighted by molar-refractivity contribution is 7.91. The van der Waals surface area contributed by atoms with Gasteiger partial charge in [0.1, 0.15) is 5.00 Å². The maximum Gasteiger partial charge on any atom is 0.272 e. The minimum Gasteiger partial charge on any atom is -0.267 e. The van der Waals surface area contributed by atoms with Crippen molar-refractivity contribution in [3.05, 3.63) is 63.3 Å². The van der Waals surface area contributed by atoms with Crippen LogP contribution in [0.25, 0.3) is 16.3 Å². The zero-order valence-electron chi connectivity index (χ0n) is 12.9. The van der Waals surface area contributed by atoms with Crippen molar-refractivity contribution >= 4 is 21.2 Å². The van der Waals surface area contributed by atoms with Gasteiger partial charge in [-0.05, 0) is 37.1 Å². The van der Waals surface area contributed by atoms with Crippen molar-refractivity contribution in [2.75, 3.05) is 5.75 Å². The first-order chi connectivity index (χ1) is 11.5. The Kier molecular flexibility index (Phi) is 3.43. The van der Waals surface area contributed by atoms with E-state index in [-0.39, 0.29) is 16.2 Å². The third-order valence-corrected chi connectivity index (χ3v) is 6.81. The van der Waals surface area contributed by atoms with E-state index in [1.165, 1.54) is 22.1 Å². The normalized spacial score (nSPS) is 15.4. The second kappa shape index (κ2) is 5.39. The first kappa shape index (κ1) is 15.3. The standard InChI is InChI=1S/C17H14N2O3S2/c1-11-6-7-16(23-11)19-15(20)10-12-8-9-24(21,22)14-5-3-2-4-13(14)17(12)18-19/h2-7,10H,8-9H2,1H3. The fraction of sp³-hybridized carbons (Fsp3) is 0.176. The van der Waals surface area contributed by atoms with Crippen molar-refractivity contribution in [3.63, 3.8) is 0 Å². The molecule has 0 fully saturated rings. The SMILES string of the molecule is Cc1ccc(-n2nc3c(cc2=O)CCS(=O)(=O)c2ccccc2-3)s1. The number of aryl methyl sites for hydroxylation is 2. The van der Waals surface area contributed by atoms with Crippen LogP contribution in [0.2, 0.25) is 0 Å². The van der Waals surface area contributed by atoms with Gasteiger partial charge in [0.2, 0.25) is 0 Å². The van der Waals surface area contributed by atoms with Crippen LogP contribution >= 0.6 is 11.3 Å². The van der Waals surface area contributed by atoms with Gasteiger partial charge in [-0.25, -0.2) is 8.42 Å². The summed E-state index contributed by atoms with van der Waals surface area (Å²) < 4.78 is 26.3. The van der Waals surface area contributed by atoms with E-state index >= 15 is 0 Å². The molecule has 0 saturated heterocycles. The summed E-state index contributed by atoms with van der Waals surface area (Å²) in [7, 11) is -3.38. The number of hydrogen-bond acceptors (Lipinski definition) is 5. The molecule has 0 unspecified atom stereocenters. The predicted molar refractivity (Wildman–Crippen MR) is 93.6 cm³/mol. The van der Waals surface area contributed by atoms with Crippen molar-refractivity contribution in [2.24, 2.45) is 0 Å². The Labute approximate surface area is 143 Å². The van der Waals surface area contributed by atoms with E-state index in [1.807, 2.05) is 19.1 Å². The molecule has 5 nitrogen and oxygen atoms in total. The molecule has 122 valence electrons. The van der Waals surface area contributed by atoms with E-state index in [9.17, 15) is 13.2 Å². The van der Waals surface area contributed by atoms with Gasteiger partial charge in [0.25, 0.3) is 5.56 Å². The van der Waals surface area contributed by atoms with E-state index in [4.69, 9.17) is 0 Å². The summed E-state index contributed by atoms with van der Waals surface area (Å²) in [5.74, 6) is -0.0136. The van der Waals surface area contributed by atoms with Crippen molar-refractivity contribution in [1.82, 2.24) is 9.78 Å². The number of nitrogens with zero attached hydrogens (tertiary/aromatic N) is 2. The summed E-state index contributed by atoms with van der Waals surface area (Å²) in [6, 6.07) is 12.1.